The highest BCUT2D eigenvalue weighted by Crippen LogP contribution is 2.31. The smallest absolute Gasteiger partial charge is 0.167 e. The number of fused-ring (bicyclic) bond motifs is 1. The fourth-order valence-corrected chi connectivity index (χ4v) is 2.17. The summed E-state index contributed by atoms with van der Waals surface area (Å²) in [6.45, 7) is -0.390. The quantitative estimate of drug-likeness (QED) is 0.491. The predicted molar refractivity (Wildman–Crippen MR) is 62.7 cm³/mol. The van der Waals surface area contributed by atoms with Crippen LogP contribution in [-0.4, -0.2) is 59.8 Å². The van der Waals surface area contributed by atoms with Crippen molar-refractivity contribution in [1.82, 2.24) is 19.5 Å². The number of imidazole rings is 1. The standard InChI is InChI=1S/C10H13N5O4/c11-8-5-9(13-2-12-8)15(3-14-5)10-7(18)6(17)4(1-16)19-10/h2-4,6-7,10,16-18H,1H2,(H2,11,12,13)/t4-,6?,7?,10?/m0/s1. The second kappa shape index (κ2) is 4.38. The van der Waals surface area contributed by atoms with Gasteiger partial charge in [-0.2, -0.15) is 0 Å². The van der Waals surface area contributed by atoms with Gasteiger partial charge in [0, 0.05) is 0 Å². The van der Waals surface area contributed by atoms with Crippen molar-refractivity contribution in [3.63, 3.8) is 0 Å². The lowest BCUT2D eigenvalue weighted by molar-refractivity contribution is -0.0511. The molecule has 3 rings (SSSR count). The van der Waals surface area contributed by atoms with E-state index in [1.165, 1.54) is 17.2 Å². The molecule has 2 aromatic rings. The number of aromatic nitrogens is 4. The minimum Gasteiger partial charge on any atom is -0.394 e. The van der Waals surface area contributed by atoms with E-state index in [-0.39, 0.29) is 5.82 Å². The Bertz CT molecular complexity index is 603. The van der Waals surface area contributed by atoms with E-state index < -0.39 is 31.1 Å². The van der Waals surface area contributed by atoms with Crippen LogP contribution >= 0.6 is 0 Å². The Morgan fingerprint density at radius 1 is 1.26 bits per heavy atom. The lowest BCUT2D eigenvalue weighted by atomic mass is 10.1. The summed E-state index contributed by atoms with van der Waals surface area (Å²) in [5.41, 5.74) is 6.44. The van der Waals surface area contributed by atoms with Gasteiger partial charge in [-0.3, -0.25) is 4.57 Å². The molecular formula is C10H13N5O4. The molecule has 0 amide bonds. The number of rotatable bonds is 2. The molecule has 0 bridgehead atoms. The molecular weight excluding hydrogens is 254 g/mol. The summed E-state index contributed by atoms with van der Waals surface area (Å²) in [7, 11) is 0. The number of nitrogen functional groups attached to an aromatic ring is 1. The van der Waals surface area contributed by atoms with Gasteiger partial charge in [0.15, 0.2) is 17.7 Å². The average Bonchev–Trinajstić information content (AvgIpc) is 2.94. The highest BCUT2D eigenvalue weighted by Gasteiger charge is 2.43. The predicted octanol–water partition coefficient (Wildman–Crippen LogP) is -1.98. The Hall–Kier alpha value is -1.81. The van der Waals surface area contributed by atoms with Gasteiger partial charge in [0.25, 0.3) is 0 Å². The molecule has 1 aliphatic heterocycles. The van der Waals surface area contributed by atoms with E-state index in [4.69, 9.17) is 15.6 Å². The van der Waals surface area contributed by atoms with Crippen molar-refractivity contribution in [2.45, 2.75) is 24.5 Å². The summed E-state index contributed by atoms with van der Waals surface area (Å²) < 4.78 is 6.85. The molecule has 0 radical (unpaired) electrons. The monoisotopic (exact) mass is 267 g/mol. The van der Waals surface area contributed by atoms with E-state index in [0.29, 0.717) is 11.2 Å². The first-order valence-electron chi connectivity index (χ1n) is 5.69. The normalized spacial score (nSPS) is 31.1. The Balaban J connectivity index is 2.04. The number of nitrogens with two attached hydrogens (primary N) is 1. The van der Waals surface area contributed by atoms with Crippen molar-refractivity contribution in [2.75, 3.05) is 12.3 Å². The lowest BCUT2D eigenvalue weighted by Gasteiger charge is -2.16. The summed E-state index contributed by atoms with van der Waals surface area (Å²) in [6.07, 6.45) is -1.42. The molecule has 0 aliphatic carbocycles. The van der Waals surface area contributed by atoms with Crippen LogP contribution in [0.2, 0.25) is 0 Å². The number of anilines is 1. The number of hydrogen-bond donors (Lipinski definition) is 4. The minimum absolute atomic E-state index is 0.218. The third-order valence-electron chi connectivity index (χ3n) is 3.18. The molecule has 2 aromatic heterocycles. The molecule has 0 spiro atoms. The van der Waals surface area contributed by atoms with Gasteiger partial charge in [-0.15, -0.1) is 0 Å². The first-order valence-corrected chi connectivity index (χ1v) is 5.69. The zero-order valence-corrected chi connectivity index (χ0v) is 9.79. The minimum atomic E-state index is -1.19. The van der Waals surface area contributed by atoms with Gasteiger partial charge in [0.2, 0.25) is 0 Å². The van der Waals surface area contributed by atoms with E-state index in [9.17, 15) is 10.2 Å². The van der Waals surface area contributed by atoms with Crippen molar-refractivity contribution < 1.29 is 20.1 Å². The Morgan fingerprint density at radius 3 is 2.74 bits per heavy atom. The molecule has 0 aromatic carbocycles. The van der Waals surface area contributed by atoms with E-state index in [2.05, 4.69) is 15.0 Å². The average molecular weight is 267 g/mol. The molecule has 0 saturated carbocycles. The fourth-order valence-electron chi connectivity index (χ4n) is 2.17. The van der Waals surface area contributed by atoms with Crippen LogP contribution in [-0.2, 0) is 4.74 Å². The first-order chi connectivity index (χ1) is 9.13. The molecule has 9 heteroatoms. The second-order valence-corrected chi connectivity index (χ2v) is 4.31. The summed E-state index contributed by atoms with van der Waals surface area (Å²) in [6, 6.07) is 0. The SMILES string of the molecule is Nc1ncnc2c1ncn2C1O[C@@H](CO)C(O)C1O. The van der Waals surface area contributed by atoms with Crippen LogP contribution in [0.1, 0.15) is 6.23 Å². The van der Waals surface area contributed by atoms with E-state index >= 15 is 0 Å². The second-order valence-electron chi connectivity index (χ2n) is 4.31. The van der Waals surface area contributed by atoms with Gasteiger partial charge in [-0.05, 0) is 0 Å². The maximum absolute atomic E-state index is 9.95. The summed E-state index contributed by atoms with van der Waals surface area (Å²) in [5, 5.41) is 28.7. The van der Waals surface area contributed by atoms with Crippen molar-refractivity contribution in [3.05, 3.63) is 12.7 Å². The zero-order chi connectivity index (χ0) is 13.6. The largest absolute Gasteiger partial charge is 0.394 e. The van der Waals surface area contributed by atoms with Crippen molar-refractivity contribution in [2.24, 2.45) is 0 Å². The molecule has 1 saturated heterocycles. The third kappa shape index (κ3) is 1.75. The molecule has 3 heterocycles. The lowest BCUT2D eigenvalue weighted by Crippen LogP contribution is -2.33. The molecule has 4 atom stereocenters. The Kier molecular flexibility index (Phi) is 2.82. The van der Waals surface area contributed by atoms with Crippen molar-refractivity contribution in [1.29, 1.82) is 0 Å². The van der Waals surface area contributed by atoms with Crippen LogP contribution in [0.3, 0.4) is 0 Å². The Labute approximate surface area is 107 Å². The Morgan fingerprint density at radius 2 is 2.05 bits per heavy atom. The van der Waals surface area contributed by atoms with Crippen LogP contribution in [0, 0.1) is 0 Å². The number of nitrogens with zero attached hydrogens (tertiary/aromatic N) is 4. The maximum atomic E-state index is 9.95. The van der Waals surface area contributed by atoms with Gasteiger partial charge in [0.05, 0.1) is 12.9 Å². The van der Waals surface area contributed by atoms with Gasteiger partial charge >= 0.3 is 0 Å². The molecule has 1 aliphatic rings. The highest BCUT2D eigenvalue weighted by molar-refractivity contribution is 5.81. The van der Waals surface area contributed by atoms with Crippen molar-refractivity contribution in [3.8, 4) is 0 Å². The van der Waals surface area contributed by atoms with Crippen LogP contribution < -0.4 is 5.73 Å². The van der Waals surface area contributed by atoms with E-state index in [1.807, 2.05) is 0 Å². The van der Waals surface area contributed by atoms with Gasteiger partial charge in [0.1, 0.15) is 30.2 Å². The molecule has 19 heavy (non-hydrogen) atoms. The molecule has 3 unspecified atom stereocenters. The molecule has 5 N–H and O–H groups in total. The topological polar surface area (TPSA) is 140 Å². The molecule has 102 valence electrons. The highest BCUT2D eigenvalue weighted by atomic mass is 16.6. The van der Waals surface area contributed by atoms with Crippen molar-refractivity contribution >= 4 is 17.0 Å². The van der Waals surface area contributed by atoms with Crippen LogP contribution in [0.5, 0.6) is 0 Å². The number of aliphatic hydroxyl groups is 3. The van der Waals surface area contributed by atoms with E-state index in [1.54, 1.807) is 0 Å². The number of hydrogen-bond acceptors (Lipinski definition) is 8. The summed E-state index contributed by atoms with van der Waals surface area (Å²) in [4.78, 5) is 11.9. The molecule has 9 nitrogen and oxygen atoms in total. The fraction of sp³-hybridized carbons (Fsp3) is 0.500. The molecule has 1 fully saturated rings. The van der Waals surface area contributed by atoms with Gasteiger partial charge in [-0.25, -0.2) is 15.0 Å². The van der Waals surface area contributed by atoms with Crippen LogP contribution in [0.15, 0.2) is 12.7 Å². The van der Waals surface area contributed by atoms with Gasteiger partial charge in [-0.1, -0.05) is 0 Å². The number of ether oxygens (including phenoxy) is 1. The first kappa shape index (κ1) is 12.2. The van der Waals surface area contributed by atoms with Crippen LogP contribution in [0.25, 0.3) is 11.2 Å². The summed E-state index contributed by atoms with van der Waals surface area (Å²) in [5.74, 6) is 0.218. The maximum Gasteiger partial charge on any atom is 0.167 e. The van der Waals surface area contributed by atoms with Crippen LogP contribution in [0.4, 0.5) is 5.82 Å². The zero-order valence-electron chi connectivity index (χ0n) is 9.79. The number of aliphatic hydroxyl groups excluding tert-OH is 3. The summed E-state index contributed by atoms with van der Waals surface area (Å²) >= 11 is 0. The third-order valence-corrected chi connectivity index (χ3v) is 3.18. The van der Waals surface area contributed by atoms with E-state index in [0.717, 1.165) is 0 Å². The van der Waals surface area contributed by atoms with Gasteiger partial charge < -0.3 is 25.8 Å².